The third-order valence-electron chi connectivity index (χ3n) is 2.26. The van der Waals surface area contributed by atoms with E-state index in [2.05, 4.69) is 32.9 Å². The maximum absolute atomic E-state index is 11.6. The van der Waals surface area contributed by atoms with Gasteiger partial charge in [0.15, 0.2) is 0 Å². The van der Waals surface area contributed by atoms with Crippen molar-refractivity contribution in [2.75, 3.05) is 26.2 Å². The van der Waals surface area contributed by atoms with Crippen molar-refractivity contribution >= 4 is 28.8 Å². The highest BCUT2D eigenvalue weighted by Crippen LogP contribution is 2.08. The molecule has 0 bridgehead atoms. The minimum Gasteiger partial charge on any atom is -0.341 e. The van der Waals surface area contributed by atoms with Crippen LogP contribution < -0.4 is 0 Å². The molecule has 0 saturated carbocycles. The van der Waals surface area contributed by atoms with Gasteiger partial charge < -0.3 is 4.90 Å². The molecule has 1 amide bonds. The van der Waals surface area contributed by atoms with E-state index in [9.17, 15) is 4.79 Å². The molecular weight excluding hydrogens is 279 g/mol. The highest BCUT2D eigenvalue weighted by Gasteiger charge is 2.16. The van der Waals surface area contributed by atoms with Crippen molar-refractivity contribution < 1.29 is 4.79 Å². The third kappa shape index (κ3) is 3.81. The zero-order valence-corrected chi connectivity index (χ0v) is 10.3. The van der Waals surface area contributed by atoms with Gasteiger partial charge in [0, 0.05) is 55.5 Å². The van der Waals surface area contributed by atoms with Crippen molar-refractivity contribution in [3.8, 4) is 0 Å². The normalized spacial score (nSPS) is 20.0. The Hall–Kier alpha value is 0.160. The SMILES string of the molecule is CCCC(=O)N1CCCN(I)CC1. The molecule has 0 spiro atoms. The standard InChI is InChI=1S/C9H17IN2O/c1-2-4-9(13)11-5-3-6-12(10)8-7-11/h2-8H2,1H3. The molecule has 1 aliphatic heterocycles. The summed E-state index contributed by atoms with van der Waals surface area (Å²) in [5.74, 6) is 0.328. The van der Waals surface area contributed by atoms with E-state index in [1.807, 2.05) is 4.90 Å². The number of rotatable bonds is 2. The highest BCUT2D eigenvalue weighted by molar-refractivity contribution is 14.1. The molecule has 0 atom stereocenters. The van der Waals surface area contributed by atoms with E-state index in [-0.39, 0.29) is 0 Å². The second-order valence-corrected chi connectivity index (χ2v) is 4.76. The van der Waals surface area contributed by atoms with Crippen LogP contribution in [-0.2, 0) is 4.79 Å². The number of amides is 1. The van der Waals surface area contributed by atoms with Gasteiger partial charge in [0.25, 0.3) is 0 Å². The molecule has 3 nitrogen and oxygen atoms in total. The van der Waals surface area contributed by atoms with Gasteiger partial charge in [-0.05, 0) is 12.8 Å². The van der Waals surface area contributed by atoms with Gasteiger partial charge in [0.05, 0.1) is 0 Å². The van der Waals surface area contributed by atoms with Crippen molar-refractivity contribution in [3.05, 3.63) is 0 Å². The summed E-state index contributed by atoms with van der Waals surface area (Å²) in [6, 6.07) is 0. The van der Waals surface area contributed by atoms with Gasteiger partial charge in [-0.25, -0.2) is 3.11 Å². The van der Waals surface area contributed by atoms with E-state index < -0.39 is 0 Å². The van der Waals surface area contributed by atoms with Gasteiger partial charge in [-0.1, -0.05) is 6.92 Å². The largest absolute Gasteiger partial charge is 0.341 e. The molecule has 0 unspecified atom stereocenters. The maximum atomic E-state index is 11.6. The van der Waals surface area contributed by atoms with Crippen LogP contribution in [-0.4, -0.2) is 40.1 Å². The lowest BCUT2D eigenvalue weighted by molar-refractivity contribution is -0.131. The predicted molar refractivity (Wildman–Crippen MR) is 61.7 cm³/mol. The molecule has 4 heteroatoms. The molecule has 1 saturated heterocycles. The van der Waals surface area contributed by atoms with Gasteiger partial charge in [-0.3, -0.25) is 4.79 Å². The fourth-order valence-corrected chi connectivity index (χ4v) is 2.06. The van der Waals surface area contributed by atoms with Crippen molar-refractivity contribution in [2.45, 2.75) is 26.2 Å². The number of hydrogen-bond donors (Lipinski definition) is 0. The van der Waals surface area contributed by atoms with Crippen molar-refractivity contribution in [3.63, 3.8) is 0 Å². The summed E-state index contributed by atoms with van der Waals surface area (Å²) in [4.78, 5) is 13.6. The summed E-state index contributed by atoms with van der Waals surface area (Å²) in [5.41, 5.74) is 0. The molecule has 1 rings (SSSR count). The maximum Gasteiger partial charge on any atom is 0.222 e. The first-order valence-electron chi connectivity index (χ1n) is 4.92. The average Bonchev–Trinajstić information content (AvgIpc) is 2.30. The Bertz CT molecular complexity index is 175. The Morgan fingerprint density at radius 2 is 2.08 bits per heavy atom. The monoisotopic (exact) mass is 296 g/mol. The summed E-state index contributed by atoms with van der Waals surface area (Å²) >= 11 is 2.33. The average molecular weight is 296 g/mol. The molecule has 1 heterocycles. The van der Waals surface area contributed by atoms with Gasteiger partial charge in [0.2, 0.25) is 5.91 Å². The Morgan fingerprint density at radius 3 is 2.77 bits per heavy atom. The van der Waals surface area contributed by atoms with E-state index in [4.69, 9.17) is 0 Å². The van der Waals surface area contributed by atoms with Gasteiger partial charge in [0.1, 0.15) is 0 Å². The molecule has 0 aromatic carbocycles. The van der Waals surface area contributed by atoms with Crippen LogP contribution in [0.15, 0.2) is 0 Å². The van der Waals surface area contributed by atoms with Crippen LogP contribution in [0.2, 0.25) is 0 Å². The van der Waals surface area contributed by atoms with Crippen molar-refractivity contribution in [2.24, 2.45) is 0 Å². The van der Waals surface area contributed by atoms with Crippen LogP contribution >= 0.6 is 22.9 Å². The number of hydrogen-bond acceptors (Lipinski definition) is 2. The van der Waals surface area contributed by atoms with Gasteiger partial charge in [-0.2, -0.15) is 0 Å². The number of carbonyl (C=O) groups excluding carboxylic acids is 1. The molecule has 0 aliphatic carbocycles. The molecule has 0 N–H and O–H groups in total. The Morgan fingerprint density at radius 1 is 1.31 bits per heavy atom. The Balaban J connectivity index is 2.37. The van der Waals surface area contributed by atoms with Crippen molar-refractivity contribution in [1.82, 2.24) is 8.01 Å². The summed E-state index contributed by atoms with van der Waals surface area (Å²) in [7, 11) is 0. The Kier molecular flexibility index (Phi) is 5.01. The summed E-state index contributed by atoms with van der Waals surface area (Å²) in [6.45, 7) is 6.02. The second-order valence-electron chi connectivity index (χ2n) is 3.39. The molecule has 0 radical (unpaired) electrons. The number of nitrogens with zero attached hydrogens (tertiary/aromatic N) is 2. The predicted octanol–water partition coefficient (Wildman–Crippen LogP) is 1.67. The van der Waals surface area contributed by atoms with Crippen LogP contribution in [0.4, 0.5) is 0 Å². The van der Waals surface area contributed by atoms with Crippen LogP contribution in [0.1, 0.15) is 26.2 Å². The van der Waals surface area contributed by atoms with E-state index >= 15 is 0 Å². The van der Waals surface area contributed by atoms with Crippen LogP contribution in [0, 0.1) is 0 Å². The van der Waals surface area contributed by atoms with E-state index in [0.29, 0.717) is 12.3 Å². The summed E-state index contributed by atoms with van der Waals surface area (Å²) in [5, 5.41) is 0. The first-order chi connectivity index (χ1) is 6.24. The number of halogens is 1. The van der Waals surface area contributed by atoms with Crippen LogP contribution in [0.5, 0.6) is 0 Å². The summed E-state index contributed by atoms with van der Waals surface area (Å²) < 4.78 is 2.26. The first kappa shape index (κ1) is 11.2. The Labute approximate surface area is 94.0 Å². The van der Waals surface area contributed by atoms with Crippen LogP contribution in [0.3, 0.4) is 0 Å². The van der Waals surface area contributed by atoms with Gasteiger partial charge >= 0.3 is 0 Å². The molecule has 13 heavy (non-hydrogen) atoms. The number of carbonyl (C=O) groups is 1. The zero-order chi connectivity index (χ0) is 9.68. The minimum atomic E-state index is 0.328. The summed E-state index contributed by atoms with van der Waals surface area (Å²) in [6.07, 6.45) is 2.78. The van der Waals surface area contributed by atoms with Crippen molar-refractivity contribution in [1.29, 1.82) is 0 Å². The molecule has 0 aromatic heterocycles. The lowest BCUT2D eigenvalue weighted by Gasteiger charge is -2.19. The molecule has 76 valence electrons. The molecule has 1 aliphatic rings. The molecule has 0 aromatic rings. The van der Waals surface area contributed by atoms with Gasteiger partial charge in [-0.15, -0.1) is 0 Å². The first-order valence-corrected chi connectivity index (χ1v) is 5.89. The lowest BCUT2D eigenvalue weighted by Crippen LogP contribution is -2.33. The van der Waals surface area contributed by atoms with Crippen LogP contribution in [0.25, 0.3) is 0 Å². The quantitative estimate of drug-likeness (QED) is 0.572. The fourth-order valence-electron chi connectivity index (χ4n) is 1.51. The topological polar surface area (TPSA) is 23.6 Å². The highest BCUT2D eigenvalue weighted by atomic mass is 127. The zero-order valence-electron chi connectivity index (χ0n) is 8.13. The molecular formula is C9H17IN2O. The lowest BCUT2D eigenvalue weighted by atomic mass is 10.3. The fraction of sp³-hybridized carbons (Fsp3) is 0.889. The smallest absolute Gasteiger partial charge is 0.222 e. The van der Waals surface area contributed by atoms with E-state index in [1.165, 1.54) is 0 Å². The van der Waals surface area contributed by atoms with E-state index in [1.54, 1.807) is 0 Å². The van der Waals surface area contributed by atoms with E-state index in [0.717, 1.165) is 39.0 Å². The minimum absolute atomic E-state index is 0.328. The molecule has 1 fully saturated rings. The second kappa shape index (κ2) is 5.80. The third-order valence-corrected chi connectivity index (χ3v) is 3.22.